The van der Waals surface area contributed by atoms with Gasteiger partial charge in [-0.1, -0.05) is 0 Å². The quantitative estimate of drug-likeness (QED) is 0.483. The second-order valence-corrected chi connectivity index (χ2v) is 2.54. The number of halogens is 1. The summed E-state index contributed by atoms with van der Waals surface area (Å²) in [5.74, 6) is -1.67. The van der Waals surface area contributed by atoms with Crippen LogP contribution in [-0.2, 0) is 4.74 Å². The summed E-state index contributed by atoms with van der Waals surface area (Å²) in [6.07, 6.45) is 0. The maximum atomic E-state index is 13.0. The molecule has 0 saturated heterocycles. The highest BCUT2D eigenvalue weighted by Crippen LogP contribution is 2.07. The molecular formula is C8H9FN2O2. The van der Waals surface area contributed by atoms with Crippen molar-refractivity contribution in [2.45, 2.75) is 13.8 Å². The van der Waals surface area contributed by atoms with Crippen molar-refractivity contribution in [3.05, 3.63) is 23.0 Å². The number of carbonyl (C=O) groups is 1. The van der Waals surface area contributed by atoms with Gasteiger partial charge < -0.3 is 4.74 Å². The van der Waals surface area contributed by atoms with Gasteiger partial charge in [0.2, 0.25) is 11.8 Å². The molecule has 1 rings (SSSR count). The molecule has 0 atom stereocenters. The maximum absolute atomic E-state index is 13.0. The van der Waals surface area contributed by atoms with Gasteiger partial charge >= 0.3 is 5.97 Å². The minimum atomic E-state index is -0.734. The van der Waals surface area contributed by atoms with Crippen LogP contribution in [0.1, 0.15) is 21.9 Å². The zero-order valence-corrected chi connectivity index (χ0v) is 7.59. The smallest absolute Gasteiger partial charge is 0.376 e. The molecule has 0 spiro atoms. The highest BCUT2D eigenvalue weighted by Gasteiger charge is 2.13. The van der Waals surface area contributed by atoms with E-state index >= 15 is 0 Å². The summed E-state index contributed by atoms with van der Waals surface area (Å²) in [6.45, 7) is 3.15. The molecule has 0 aliphatic heterocycles. The number of hydrogen-bond donors (Lipinski definition) is 0. The summed E-state index contributed by atoms with van der Waals surface area (Å²) in [5, 5.41) is 0. The van der Waals surface area contributed by atoms with Crippen molar-refractivity contribution in [3.8, 4) is 0 Å². The number of methoxy groups -OCH3 is 1. The molecule has 4 nitrogen and oxygen atoms in total. The maximum Gasteiger partial charge on any atom is 0.376 e. The van der Waals surface area contributed by atoms with Crippen molar-refractivity contribution in [2.24, 2.45) is 0 Å². The van der Waals surface area contributed by atoms with Crippen LogP contribution in [0.25, 0.3) is 0 Å². The van der Waals surface area contributed by atoms with Crippen LogP contribution in [0.3, 0.4) is 0 Å². The molecule has 0 aliphatic carbocycles. The molecular weight excluding hydrogens is 175 g/mol. The molecule has 1 heterocycles. The van der Waals surface area contributed by atoms with Crippen LogP contribution < -0.4 is 0 Å². The monoisotopic (exact) mass is 184 g/mol. The van der Waals surface area contributed by atoms with E-state index in [1.807, 2.05) is 0 Å². The predicted molar refractivity (Wildman–Crippen MR) is 42.8 cm³/mol. The molecule has 0 aliphatic rings. The van der Waals surface area contributed by atoms with E-state index in [1.165, 1.54) is 7.11 Å². The van der Waals surface area contributed by atoms with E-state index in [2.05, 4.69) is 14.7 Å². The van der Waals surface area contributed by atoms with Gasteiger partial charge in [-0.2, -0.15) is 9.37 Å². The third-order valence-electron chi connectivity index (χ3n) is 1.70. The number of rotatable bonds is 1. The van der Waals surface area contributed by atoms with Gasteiger partial charge in [-0.3, -0.25) is 0 Å². The molecule has 70 valence electrons. The van der Waals surface area contributed by atoms with Crippen LogP contribution in [0.5, 0.6) is 0 Å². The Kier molecular flexibility index (Phi) is 2.55. The molecule has 1 aromatic rings. The van der Waals surface area contributed by atoms with Crippen molar-refractivity contribution in [1.82, 2.24) is 9.97 Å². The number of aryl methyl sites for hydroxylation is 1. The summed E-state index contributed by atoms with van der Waals surface area (Å²) in [4.78, 5) is 18.0. The molecule has 0 fully saturated rings. The normalized spacial score (nSPS) is 9.85. The SMILES string of the molecule is COC(=O)c1nc(C)c(C)c(F)n1. The molecule has 0 amide bonds. The molecule has 0 bridgehead atoms. The Morgan fingerprint density at radius 1 is 1.38 bits per heavy atom. The Hall–Kier alpha value is -1.52. The van der Waals surface area contributed by atoms with Gasteiger partial charge in [-0.15, -0.1) is 0 Å². The van der Waals surface area contributed by atoms with Crippen LogP contribution in [0, 0.1) is 19.8 Å². The Balaban J connectivity index is 3.20. The molecule has 0 unspecified atom stereocenters. The lowest BCUT2D eigenvalue weighted by molar-refractivity contribution is 0.0584. The van der Waals surface area contributed by atoms with E-state index in [-0.39, 0.29) is 5.82 Å². The number of nitrogens with zero attached hydrogens (tertiary/aromatic N) is 2. The molecule has 0 N–H and O–H groups in total. The second kappa shape index (κ2) is 3.47. The van der Waals surface area contributed by atoms with Gasteiger partial charge in [0.15, 0.2) is 0 Å². The first-order valence-electron chi connectivity index (χ1n) is 3.65. The summed E-state index contributed by atoms with van der Waals surface area (Å²) in [6, 6.07) is 0. The third-order valence-corrected chi connectivity index (χ3v) is 1.70. The second-order valence-electron chi connectivity index (χ2n) is 2.54. The van der Waals surface area contributed by atoms with Gasteiger partial charge in [0.25, 0.3) is 0 Å². The van der Waals surface area contributed by atoms with E-state index in [0.29, 0.717) is 11.3 Å². The standard InChI is InChI=1S/C8H9FN2O2/c1-4-5(2)10-7(8(12)13-3)11-6(4)9/h1-3H3. The van der Waals surface area contributed by atoms with Crippen molar-refractivity contribution >= 4 is 5.97 Å². The van der Waals surface area contributed by atoms with E-state index in [1.54, 1.807) is 13.8 Å². The number of aromatic nitrogens is 2. The Morgan fingerprint density at radius 2 is 2.00 bits per heavy atom. The molecule has 5 heteroatoms. The average molecular weight is 184 g/mol. The fourth-order valence-corrected chi connectivity index (χ4v) is 0.776. The molecule has 1 aromatic heterocycles. The van der Waals surface area contributed by atoms with E-state index in [0.717, 1.165) is 0 Å². The first kappa shape index (κ1) is 9.57. The van der Waals surface area contributed by atoms with Crippen molar-refractivity contribution in [2.75, 3.05) is 7.11 Å². The lowest BCUT2D eigenvalue weighted by Gasteiger charge is -2.02. The number of esters is 1. The average Bonchev–Trinajstić information content (AvgIpc) is 2.12. The number of hydrogen-bond acceptors (Lipinski definition) is 4. The Bertz CT molecular complexity index is 329. The van der Waals surface area contributed by atoms with Crippen LogP contribution in [0.15, 0.2) is 0 Å². The van der Waals surface area contributed by atoms with E-state index < -0.39 is 11.9 Å². The highest BCUT2D eigenvalue weighted by atomic mass is 19.1. The first-order valence-corrected chi connectivity index (χ1v) is 3.65. The lowest BCUT2D eigenvalue weighted by atomic mass is 10.3. The summed E-state index contributed by atoms with van der Waals surface area (Å²) >= 11 is 0. The first-order chi connectivity index (χ1) is 6.06. The number of carbonyl (C=O) groups excluding carboxylic acids is 1. The number of ether oxygens (including phenoxy) is 1. The lowest BCUT2D eigenvalue weighted by Crippen LogP contribution is -2.11. The van der Waals surface area contributed by atoms with Gasteiger partial charge in [0, 0.05) is 11.3 Å². The fourth-order valence-electron chi connectivity index (χ4n) is 0.776. The Morgan fingerprint density at radius 3 is 2.46 bits per heavy atom. The summed E-state index contributed by atoms with van der Waals surface area (Å²) in [5.41, 5.74) is 0.778. The van der Waals surface area contributed by atoms with E-state index in [9.17, 15) is 9.18 Å². The van der Waals surface area contributed by atoms with Gasteiger partial charge in [-0.05, 0) is 13.8 Å². The van der Waals surface area contributed by atoms with Gasteiger partial charge in [-0.25, -0.2) is 9.78 Å². The zero-order valence-electron chi connectivity index (χ0n) is 7.59. The minimum absolute atomic E-state index is 0.247. The van der Waals surface area contributed by atoms with Crippen LogP contribution >= 0.6 is 0 Å². The molecule has 0 radical (unpaired) electrons. The predicted octanol–water partition coefficient (Wildman–Crippen LogP) is 1.02. The zero-order chi connectivity index (χ0) is 10.0. The molecule has 0 saturated carbocycles. The van der Waals surface area contributed by atoms with E-state index in [4.69, 9.17) is 0 Å². The third kappa shape index (κ3) is 1.80. The van der Waals surface area contributed by atoms with Crippen LogP contribution in [-0.4, -0.2) is 23.0 Å². The molecule has 13 heavy (non-hydrogen) atoms. The van der Waals surface area contributed by atoms with Crippen molar-refractivity contribution in [1.29, 1.82) is 0 Å². The molecule has 0 aromatic carbocycles. The highest BCUT2D eigenvalue weighted by molar-refractivity contribution is 5.84. The minimum Gasteiger partial charge on any atom is -0.463 e. The van der Waals surface area contributed by atoms with Crippen LogP contribution in [0.4, 0.5) is 4.39 Å². The topological polar surface area (TPSA) is 52.1 Å². The fraction of sp³-hybridized carbons (Fsp3) is 0.375. The summed E-state index contributed by atoms with van der Waals surface area (Å²) in [7, 11) is 1.19. The van der Waals surface area contributed by atoms with Crippen LogP contribution in [0.2, 0.25) is 0 Å². The van der Waals surface area contributed by atoms with Crippen molar-refractivity contribution < 1.29 is 13.9 Å². The summed E-state index contributed by atoms with van der Waals surface area (Å²) < 4.78 is 17.3. The Labute approximate surface area is 74.8 Å². The van der Waals surface area contributed by atoms with Crippen molar-refractivity contribution in [3.63, 3.8) is 0 Å². The van der Waals surface area contributed by atoms with Gasteiger partial charge in [0.05, 0.1) is 7.11 Å². The largest absolute Gasteiger partial charge is 0.463 e. The van der Waals surface area contributed by atoms with Gasteiger partial charge in [0.1, 0.15) is 0 Å².